The van der Waals surface area contributed by atoms with E-state index in [2.05, 4.69) is 44.8 Å². The van der Waals surface area contributed by atoms with E-state index in [1.165, 1.54) is 0 Å². The molecule has 0 atom stereocenters. The summed E-state index contributed by atoms with van der Waals surface area (Å²) in [4.78, 5) is 6.63. The van der Waals surface area contributed by atoms with Gasteiger partial charge in [0.25, 0.3) is 0 Å². The molecule has 0 fully saturated rings. The fourth-order valence-electron chi connectivity index (χ4n) is 1.63. The van der Waals surface area contributed by atoms with Crippen molar-refractivity contribution in [1.29, 1.82) is 0 Å². The molecule has 0 aliphatic heterocycles. The Labute approximate surface area is 111 Å². The summed E-state index contributed by atoms with van der Waals surface area (Å²) in [5, 5.41) is 5.20. The molecule has 0 saturated carbocycles. The lowest BCUT2D eigenvalue weighted by Crippen LogP contribution is -2.30. The van der Waals surface area contributed by atoms with E-state index in [1.807, 2.05) is 4.68 Å². The maximum Gasteiger partial charge on any atom is 0.141 e. The second kappa shape index (κ2) is 7.79. The number of hydrogen-bond acceptors (Lipinski definition) is 4. The molecular weight excluding hydrogens is 284 g/mol. The van der Waals surface area contributed by atoms with E-state index >= 15 is 0 Å². The van der Waals surface area contributed by atoms with Crippen LogP contribution < -0.4 is 0 Å². The van der Waals surface area contributed by atoms with Crippen LogP contribution in [0.4, 0.5) is 0 Å². The Kier molecular flexibility index (Phi) is 6.69. The zero-order chi connectivity index (χ0) is 12.7. The maximum absolute atomic E-state index is 5.12. The van der Waals surface area contributed by atoms with Crippen LogP contribution in [0.1, 0.15) is 25.7 Å². The summed E-state index contributed by atoms with van der Waals surface area (Å²) in [6, 6.07) is 0.348. The number of methoxy groups -OCH3 is 1. The second-order valence-corrected chi connectivity index (χ2v) is 4.97. The fraction of sp³-hybridized carbons (Fsp3) is 0.818. The van der Waals surface area contributed by atoms with Gasteiger partial charge in [0, 0.05) is 31.6 Å². The van der Waals surface area contributed by atoms with Crippen molar-refractivity contribution in [3.8, 4) is 0 Å². The molecule has 17 heavy (non-hydrogen) atoms. The van der Waals surface area contributed by atoms with Gasteiger partial charge in [0.05, 0.1) is 13.2 Å². The molecule has 0 aromatic carbocycles. The smallest absolute Gasteiger partial charge is 0.141 e. The summed E-state index contributed by atoms with van der Waals surface area (Å²) in [5.41, 5.74) is 0. The highest BCUT2D eigenvalue weighted by atomic mass is 79.9. The van der Waals surface area contributed by atoms with Crippen LogP contribution in [0.5, 0.6) is 0 Å². The average molecular weight is 305 g/mol. The number of nitrogens with zero attached hydrogens (tertiary/aromatic N) is 4. The molecule has 0 unspecified atom stereocenters. The minimum absolute atomic E-state index is 0.348. The van der Waals surface area contributed by atoms with Gasteiger partial charge < -0.3 is 4.74 Å². The van der Waals surface area contributed by atoms with E-state index in [0.717, 1.165) is 37.4 Å². The first-order chi connectivity index (χ1) is 8.19. The molecule has 1 heterocycles. The van der Waals surface area contributed by atoms with E-state index in [4.69, 9.17) is 4.74 Å². The topological polar surface area (TPSA) is 43.2 Å². The van der Waals surface area contributed by atoms with E-state index in [0.29, 0.717) is 6.04 Å². The van der Waals surface area contributed by atoms with Gasteiger partial charge in [0.1, 0.15) is 12.2 Å². The van der Waals surface area contributed by atoms with Crippen LogP contribution in [0.3, 0.4) is 0 Å². The molecular formula is C11H21BrN4O. The lowest BCUT2D eigenvalue weighted by molar-refractivity contribution is 0.145. The third-order valence-corrected chi connectivity index (χ3v) is 2.87. The molecule has 98 valence electrons. The zero-order valence-corrected chi connectivity index (χ0v) is 12.4. The summed E-state index contributed by atoms with van der Waals surface area (Å²) >= 11 is 3.47. The fourth-order valence-corrected chi connectivity index (χ4v) is 2.13. The highest BCUT2D eigenvalue weighted by molar-refractivity contribution is 9.09. The van der Waals surface area contributed by atoms with E-state index < -0.39 is 0 Å². The predicted molar refractivity (Wildman–Crippen MR) is 71.4 cm³/mol. The van der Waals surface area contributed by atoms with Crippen LogP contribution in [-0.2, 0) is 11.3 Å². The summed E-state index contributed by atoms with van der Waals surface area (Å²) in [6.07, 6.45) is 1.62. The second-order valence-electron chi connectivity index (χ2n) is 4.17. The first-order valence-electron chi connectivity index (χ1n) is 5.84. The highest BCUT2D eigenvalue weighted by Gasteiger charge is 2.12. The van der Waals surface area contributed by atoms with Gasteiger partial charge in [0.15, 0.2) is 0 Å². The molecule has 0 bridgehead atoms. The zero-order valence-electron chi connectivity index (χ0n) is 10.8. The molecule has 1 aromatic rings. The Balaban J connectivity index is 2.61. The molecule has 5 nitrogen and oxygen atoms in total. The van der Waals surface area contributed by atoms with Gasteiger partial charge in [-0.2, -0.15) is 5.10 Å². The Morgan fingerprint density at radius 2 is 2.24 bits per heavy atom. The first kappa shape index (κ1) is 14.6. The van der Waals surface area contributed by atoms with Gasteiger partial charge >= 0.3 is 0 Å². The molecule has 0 N–H and O–H groups in total. The maximum atomic E-state index is 5.12. The van der Waals surface area contributed by atoms with Crippen LogP contribution in [0.15, 0.2) is 6.33 Å². The standard InChI is InChI=1S/C11H21BrN4O/c1-10(2)16-11(13-9-14-16)8-15(5-4-12)6-7-17-3/h9-10H,4-8H2,1-3H3. The lowest BCUT2D eigenvalue weighted by atomic mass is 10.4. The molecule has 0 saturated heterocycles. The van der Waals surface area contributed by atoms with Crippen molar-refractivity contribution >= 4 is 15.9 Å². The molecule has 1 rings (SSSR count). The molecule has 1 aromatic heterocycles. The van der Waals surface area contributed by atoms with Crippen molar-refractivity contribution in [2.45, 2.75) is 26.4 Å². The quantitative estimate of drug-likeness (QED) is 0.686. The van der Waals surface area contributed by atoms with Gasteiger partial charge in [-0.25, -0.2) is 9.67 Å². The molecule has 0 aliphatic carbocycles. The van der Waals surface area contributed by atoms with Crippen LogP contribution in [0, 0.1) is 0 Å². The van der Waals surface area contributed by atoms with Crippen molar-refractivity contribution in [1.82, 2.24) is 19.7 Å². The summed E-state index contributed by atoms with van der Waals surface area (Å²) in [5.74, 6) is 1.01. The van der Waals surface area contributed by atoms with Crippen molar-refractivity contribution in [3.05, 3.63) is 12.2 Å². The van der Waals surface area contributed by atoms with Gasteiger partial charge in [-0.3, -0.25) is 4.90 Å². The summed E-state index contributed by atoms with van der Waals surface area (Å²) < 4.78 is 7.08. The number of ether oxygens (including phenoxy) is 1. The molecule has 0 spiro atoms. The number of hydrogen-bond donors (Lipinski definition) is 0. The summed E-state index contributed by atoms with van der Waals surface area (Å²) in [6.45, 7) is 7.67. The number of halogens is 1. The molecule has 0 radical (unpaired) electrons. The number of aromatic nitrogens is 3. The van der Waals surface area contributed by atoms with Crippen LogP contribution >= 0.6 is 15.9 Å². The monoisotopic (exact) mass is 304 g/mol. The van der Waals surface area contributed by atoms with E-state index in [-0.39, 0.29) is 0 Å². The average Bonchev–Trinajstić information content (AvgIpc) is 2.74. The van der Waals surface area contributed by atoms with Crippen molar-refractivity contribution in [3.63, 3.8) is 0 Å². The normalized spacial score (nSPS) is 11.6. The van der Waals surface area contributed by atoms with Gasteiger partial charge in [-0.15, -0.1) is 0 Å². The van der Waals surface area contributed by atoms with Gasteiger partial charge in [-0.05, 0) is 13.8 Å². The van der Waals surface area contributed by atoms with E-state index in [1.54, 1.807) is 13.4 Å². The SMILES string of the molecule is COCCN(CCBr)Cc1ncnn1C(C)C. The van der Waals surface area contributed by atoms with Crippen LogP contribution in [-0.4, -0.2) is 51.8 Å². The first-order valence-corrected chi connectivity index (χ1v) is 6.96. The Morgan fingerprint density at radius 1 is 1.47 bits per heavy atom. The Hall–Kier alpha value is -0.460. The predicted octanol–water partition coefficient (Wildman–Crippen LogP) is 1.70. The third-order valence-electron chi connectivity index (χ3n) is 2.51. The van der Waals surface area contributed by atoms with Gasteiger partial charge in [0.2, 0.25) is 0 Å². The number of rotatable bonds is 8. The van der Waals surface area contributed by atoms with Crippen molar-refractivity contribution < 1.29 is 4.74 Å². The summed E-state index contributed by atoms with van der Waals surface area (Å²) in [7, 11) is 1.73. The highest BCUT2D eigenvalue weighted by Crippen LogP contribution is 2.08. The van der Waals surface area contributed by atoms with Crippen LogP contribution in [0.25, 0.3) is 0 Å². The Morgan fingerprint density at radius 3 is 2.82 bits per heavy atom. The largest absolute Gasteiger partial charge is 0.383 e. The van der Waals surface area contributed by atoms with Gasteiger partial charge in [-0.1, -0.05) is 15.9 Å². The lowest BCUT2D eigenvalue weighted by Gasteiger charge is -2.21. The van der Waals surface area contributed by atoms with Crippen molar-refractivity contribution in [2.24, 2.45) is 0 Å². The van der Waals surface area contributed by atoms with E-state index in [9.17, 15) is 0 Å². The molecule has 6 heteroatoms. The Bertz CT molecular complexity index is 316. The molecule has 0 aliphatic rings. The minimum atomic E-state index is 0.348. The minimum Gasteiger partial charge on any atom is -0.383 e. The van der Waals surface area contributed by atoms with Crippen molar-refractivity contribution in [2.75, 3.05) is 32.1 Å². The third kappa shape index (κ3) is 4.73. The number of alkyl halides is 1. The van der Waals surface area contributed by atoms with Crippen LogP contribution in [0.2, 0.25) is 0 Å². The molecule has 0 amide bonds.